The summed E-state index contributed by atoms with van der Waals surface area (Å²) in [5.41, 5.74) is 1.68. The molecule has 0 atom stereocenters. The van der Waals surface area contributed by atoms with E-state index in [9.17, 15) is 13.2 Å². The van der Waals surface area contributed by atoms with Crippen LogP contribution >= 0.6 is 0 Å². The first-order valence-corrected chi connectivity index (χ1v) is 14.3. The Hall–Kier alpha value is -2.84. The van der Waals surface area contributed by atoms with E-state index in [1.807, 2.05) is 46.8 Å². The van der Waals surface area contributed by atoms with Crippen molar-refractivity contribution in [3.63, 3.8) is 0 Å². The SMILES string of the molecule is CCCCOc1ccc(S(=O)(=O)N2CCC3(CCN(C(=O)c4cc5ccccc5n4C)CC3)C2)cc1. The summed E-state index contributed by atoms with van der Waals surface area (Å²) in [6, 6.07) is 16.8. The molecule has 36 heavy (non-hydrogen) atoms. The van der Waals surface area contributed by atoms with Crippen LogP contribution in [0.3, 0.4) is 0 Å². The Kier molecular flexibility index (Phi) is 6.83. The number of amides is 1. The number of nitrogens with zero attached hydrogens (tertiary/aromatic N) is 3. The number of hydrogen-bond acceptors (Lipinski definition) is 4. The van der Waals surface area contributed by atoms with Gasteiger partial charge >= 0.3 is 0 Å². The number of aromatic nitrogens is 1. The van der Waals surface area contributed by atoms with Gasteiger partial charge in [-0.15, -0.1) is 0 Å². The van der Waals surface area contributed by atoms with Gasteiger partial charge in [0.25, 0.3) is 5.91 Å². The Labute approximate surface area is 213 Å². The Bertz CT molecular complexity index is 1340. The van der Waals surface area contributed by atoms with Crippen LogP contribution in [0.25, 0.3) is 10.9 Å². The van der Waals surface area contributed by atoms with Crippen LogP contribution < -0.4 is 4.74 Å². The molecule has 0 unspecified atom stereocenters. The Morgan fingerprint density at radius 2 is 1.69 bits per heavy atom. The van der Waals surface area contributed by atoms with Crippen LogP contribution in [0.15, 0.2) is 59.5 Å². The number of unbranched alkanes of at least 4 members (excludes halogenated alkanes) is 1. The minimum Gasteiger partial charge on any atom is -0.494 e. The van der Waals surface area contributed by atoms with E-state index in [1.54, 1.807) is 28.6 Å². The van der Waals surface area contributed by atoms with Crippen LogP contribution in [0.5, 0.6) is 5.75 Å². The van der Waals surface area contributed by atoms with Crippen molar-refractivity contribution in [1.82, 2.24) is 13.8 Å². The third kappa shape index (κ3) is 4.64. The lowest BCUT2D eigenvalue weighted by Crippen LogP contribution is -2.45. The van der Waals surface area contributed by atoms with Gasteiger partial charge in [-0.2, -0.15) is 4.31 Å². The van der Waals surface area contributed by atoms with Gasteiger partial charge in [0, 0.05) is 44.1 Å². The third-order valence-corrected chi connectivity index (χ3v) is 9.77. The number of carbonyl (C=O) groups excluding carboxylic acids is 1. The molecule has 0 N–H and O–H groups in total. The smallest absolute Gasteiger partial charge is 0.270 e. The molecule has 7 nitrogen and oxygen atoms in total. The topological polar surface area (TPSA) is 71.9 Å². The molecule has 3 heterocycles. The Balaban J connectivity index is 1.22. The van der Waals surface area contributed by atoms with Gasteiger partial charge in [0.1, 0.15) is 11.4 Å². The second-order valence-corrected chi connectivity index (χ2v) is 12.1. The van der Waals surface area contributed by atoms with E-state index in [1.165, 1.54) is 0 Å². The first-order valence-electron chi connectivity index (χ1n) is 12.9. The normalized spacial score (nSPS) is 18.2. The van der Waals surface area contributed by atoms with E-state index in [-0.39, 0.29) is 11.3 Å². The lowest BCUT2D eigenvalue weighted by atomic mass is 9.78. The van der Waals surface area contributed by atoms with Crippen LogP contribution in [0.2, 0.25) is 0 Å². The zero-order valence-corrected chi connectivity index (χ0v) is 22.0. The van der Waals surface area contributed by atoms with Gasteiger partial charge in [-0.3, -0.25) is 4.79 Å². The molecule has 2 aliphatic rings. The summed E-state index contributed by atoms with van der Waals surface area (Å²) in [4.78, 5) is 15.5. The molecule has 2 fully saturated rings. The predicted molar refractivity (Wildman–Crippen MR) is 141 cm³/mol. The largest absolute Gasteiger partial charge is 0.494 e. The molecule has 1 aromatic heterocycles. The summed E-state index contributed by atoms with van der Waals surface area (Å²) in [6.45, 7) is 5.08. The van der Waals surface area contributed by atoms with Crippen LogP contribution in [0.4, 0.5) is 0 Å². The number of para-hydroxylation sites is 1. The van der Waals surface area contributed by atoms with Gasteiger partial charge in [-0.1, -0.05) is 31.5 Å². The van der Waals surface area contributed by atoms with E-state index in [0.29, 0.717) is 49.1 Å². The van der Waals surface area contributed by atoms with E-state index in [2.05, 4.69) is 6.92 Å². The van der Waals surface area contributed by atoms with Crippen molar-refractivity contribution in [2.75, 3.05) is 32.8 Å². The molecule has 3 aromatic rings. The number of benzene rings is 2. The highest BCUT2D eigenvalue weighted by Gasteiger charge is 2.45. The molecule has 0 radical (unpaired) electrons. The number of aryl methyl sites for hydroxylation is 1. The molecule has 5 rings (SSSR count). The van der Waals surface area contributed by atoms with Crippen molar-refractivity contribution in [2.45, 2.75) is 43.9 Å². The molecule has 0 saturated carbocycles. The van der Waals surface area contributed by atoms with Gasteiger partial charge in [0.15, 0.2) is 0 Å². The van der Waals surface area contributed by atoms with Crippen LogP contribution in [0, 0.1) is 5.41 Å². The molecule has 1 amide bonds. The van der Waals surface area contributed by atoms with Crippen molar-refractivity contribution < 1.29 is 17.9 Å². The molecular formula is C28H35N3O4S. The van der Waals surface area contributed by atoms with E-state index in [4.69, 9.17) is 4.74 Å². The molecule has 1 spiro atoms. The summed E-state index contributed by atoms with van der Waals surface area (Å²) in [7, 11) is -1.62. The van der Waals surface area contributed by atoms with Crippen LogP contribution in [-0.4, -0.2) is 60.9 Å². The highest BCUT2D eigenvalue weighted by Crippen LogP contribution is 2.42. The zero-order valence-electron chi connectivity index (χ0n) is 21.2. The zero-order chi connectivity index (χ0) is 25.3. The van der Waals surface area contributed by atoms with E-state index in [0.717, 1.165) is 43.0 Å². The Morgan fingerprint density at radius 1 is 1.00 bits per heavy atom. The molecule has 0 aliphatic carbocycles. The van der Waals surface area contributed by atoms with Gasteiger partial charge in [0.2, 0.25) is 10.0 Å². The van der Waals surface area contributed by atoms with Crippen molar-refractivity contribution in [3.8, 4) is 5.75 Å². The molecule has 0 bridgehead atoms. The van der Waals surface area contributed by atoms with Crippen LogP contribution in [0.1, 0.15) is 49.5 Å². The summed E-state index contributed by atoms with van der Waals surface area (Å²) in [6.07, 6.45) is 4.50. The lowest BCUT2D eigenvalue weighted by Gasteiger charge is -2.39. The predicted octanol–water partition coefficient (Wildman–Crippen LogP) is 4.67. The quantitative estimate of drug-likeness (QED) is 0.434. The first-order chi connectivity index (χ1) is 17.3. The average molecular weight is 510 g/mol. The molecule has 8 heteroatoms. The van der Waals surface area contributed by atoms with E-state index >= 15 is 0 Å². The standard InChI is InChI=1S/C28H35N3O4S/c1-3-4-19-35-23-9-11-24(12-10-23)36(33,34)31-18-15-28(21-31)13-16-30(17-14-28)27(32)26-20-22-7-5-6-8-25(22)29(26)2/h5-12,20H,3-4,13-19,21H2,1-2H3. The maximum Gasteiger partial charge on any atom is 0.270 e. The maximum atomic E-state index is 13.3. The minimum absolute atomic E-state index is 0.0484. The number of ether oxygens (including phenoxy) is 1. The highest BCUT2D eigenvalue weighted by atomic mass is 32.2. The van der Waals surface area contributed by atoms with Gasteiger partial charge in [-0.25, -0.2) is 8.42 Å². The van der Waals surface area contributed by atoms with Gasteiger partial charge < -0.3 is 14.2 Å². The number of piperidine rings is 1. The van der Waals surface area contributed by atoms with Gasteiger partial charge in [-0.05, 0) is 67.5 Å². The molecule has 2 aliphatic heterocycles. The fourth-order valence-electron chi connectivity index (χ4n) is 5.54. The summed E-state index contributed by atoms with van der Waals surface area (Å²) < 4.78 is 35.9. The van der Waals surface area contributed by atoms with Crippen molar-refractivity contribution >= 4 is 26.8 Å². The third-order valence-electron chi connectivity index (χ3n) is 7.91. The second kappa shape index (κ2) is 9.90. The van der Waals surface area contributed by atoms with Crippen molar-refractivity contribution in [3.05, 3.63) is 60.3 Å². The highest BCUT2D eigenvalue weighted by molar-refractivity contribution is 7.89. The Morgan fingerprint density at radius 3 is 2.39 bits per heavy atom. The number of hydrogen-bond donors (Lipinski definition) is 0. The summed E-state index contributed by atoms with van der Waals surface area (Å²) >= 11 is 0. The number of carbonyl (C=O) groups is 1. The minimum atomic E-state index is -3.56. The maximum absolute atomic E-state index is 13.3. The summed E-state index contributed by atoms with van der Waals surface area (Å²) in [5.74, 6) is 0.746. The number of likely N-dealkylation sites (tertiary alicyclic amines) is 1. The molecule has 192 valence electrons. The average Bonchev–Trinajstić information content (AvgIpc) is 3.46. The molecule has 2 saturated heterocycles. The van der Waals surface area contributed by atoms with E-state index < -0.39 is 10.0 Å². The summed E-state index contributed by atoms with van der Waals surface area (Å²) in [5, 5.41) is 1.06. The van der Waals surface area contributed by atoms with Crippen LogP contribution in [-0.2, 0) is 17.1 Å². The number of fused-ring (bicyclic) bond motifs is 1. The fourth-order valence-corrected chi connectivity index (χ4v) is 7.09. The van der Waals surface area contributed by atoms with Gasteiger partial charge in [0.05, 0.1) is 11.5 Å². The number of sulfonamides is 1. The molecule has 2 aromatic carbocycles. The van der Waals surface area contributed by atoms with Crippen molar-refractivity contribution in [2.24, 2.45) is 12.5 Å². The monoisotopic (exact) mass is 509 g/mol. The first kappa shape index (κ1) is 24.8. The fraction of sp³-hybridized carbons (Fsp3) is 0.464. The number of rotatable bonds is 7. The lowest BCUT2D eigenvalue weighted by molar-refractivity contribution is 0.0591. The second-order valence-electron chi connectivity index (χ2n) is 10.2. The molecular weight excluding hydrogens is 474 g/mol. The van der Waals surface area contributed by atoms with Crippen molar-refractivity contribution in [1.29, 1.82) is 0 Å².